The normalized spacial score (nSPS) is 15.0. The molecule has 0 saturated heterocycles. The molecule has 0 atom stereocenters. The summed E-state index contributed by atoms with van der Waals surface area (Å²) >= 11 is 0. The van der Waals surface area contributed by atoms with Crippen LogP contribution in [0.5, 0.6) is 5.75 Å². The van der Waals surface area contributed by atoms with Crippen molar-refractivity contribution in [3.8, 4) is 11.8 Å². The molecule has 1 aliphatic carbocycles. The minimum absolute atomic E-state index is 0.000748. The average molecular weight is 355 g/mol. The molecule has 1 fully saturated rings. The van der Waals surface area contributed by atoms with Gasteiger partial charge in [0.15, 0.2) is 5.84 Å². The van der Waals surface area contributed by atoms with Crippen molar-refractivity contribution in [1.29, 1.82) is 5.26 Å². The number of aromatic nitrogens is 2. The zero-order valence-electron chi connectivity index (χ0n) is 14.3. The van der Waals surface area contributed by atoms with Crippen LogP contribution >= 0.6 is 0 Å². The van der Waals surface area contributed by atoms with Gasteiger partial charge in [0.2, 0.25) is 5.78 Å². The number of carbonyl (C=O) groups is 1. The Morgan fingerprint density at radius 3 is 2.81 bits per heavy atom. The van der Waals surface area contributed by atoms with Crippen LogP contribution < -0.4 is 10.5 Å². The Hall–Kier alpha value is -3.21. The van der Waals surface area contributed by atoms with Crippen LogP contribution in [-0.2, 0) is 0 Å². The van der Waals surface area contributed by atoms with Crippen molar-refractivity contribution in [2.24, 2.45) is 4.99 Å². The third kappa shape index (κ3) is 3.28. The van der Waals surface area contributed by atoms with Crippen molar-refractivity contribution in [3.05, 3.63) is 41.3 Å². The molecule has 0 spiro atoms. The zero-order valence-corrected chi connectivity index (χ0v) is 14.3. The number of hydrogen-bond acceptors (Lipinski definition) is 6. The fourth-order valence-corrected chi connectivity index (χ4v) is 3.00. The monoisotopic (exact) mass is 355 g/mol. The van der Waals surface area contributed by atoms with E-state index in [4.69, 9.17) is 15.7 Å². The molecule has 0 unspecified atom stereocenters. The van der Waals surface area contributed by atoms with Gasteiger partial charge in [0.1, 0.15) is 29.0 Å². The van der Waals surface area contributed by atoms with E-state index in [1.807, 2.05) is 6.07 Å². The van der Waals surface area contributed by atoms with Crippen molar-refractivity contribution in [3.63, 3.8) is 0 Å². The number of carbonyl (C=O) groups excluding carboxylic acids is 1. The molecule has 1 aromatic carbocycles. The second kappa shape index (κ2) is 7.35. The number of benzene rings is 1. The van der Waals surface area contributed by atoms with Crippen LogP contribution in [0.25, 0.3) is 0 Å². The molecule has 7 nitrogen and oxygen atoms in total. The Labute approximate surface area is 149 Å². The van der Waals surface area contributed by atoms with E-state index in [1.165, 1.54) is 30.1 Å². The van der Waals surface area contributed by atoms with E-state index < -0.39 is 11.6 Å². The molecule has 8 heteroatoms. The minimum Gasteiger partial charge on any atom is -0.496 e. The fraction of sp³-hybridized carbons (Fsp3) is 0.333. The zero-order chi connectivity index (χ0) is 18.7. The van der Waals surface area contributed by atoms with Crippen LogP contribution in [0, 0.1) is 17.1 Å². The molecule has 0 bridgehead atoms. The molecular weight excluding hydrogens is 337 g/mol. The number of anilines is 1. The Morgan fingerprint density at radius 1 is 1.46 bits per heavy atom. The van der Waals surface area contributed by atoms with E-state index in [-0.39, 0.29) is 34.6 Å². The first-order valence-corrected chi connectivity index (χ1v) is 8.25. The van der Waals surface area contributed by atoms with Crippen LogP contribution in [0.4, 0.5) is 10.2 Å². The summed E-state index contributed by atoms with van der Waals surface area (Å²) in [5, 5.41) is 13.1. The smallest absolute Gasteiger partial charge is 0.233 e. The summed E-state index contributed by atoms with van der Waals surface area (Å²) in [5.41, 5.74) is 6.26. The van der Waals surface area contributed by atoms with Gasteiger partial charge < -0.3 is 10.5 Å². The lowest BCUT2D eigenvalue weighted by Gasteiger charge is -2.13. The van der Waals surface area contributed by atoms with Gasteiger partial charge in [0, 0.05) is 6.07 Å². The van der Waals surface area contributed by atoms with Gasteiger partial charge in [-0.25, -0.2) is 4.39 Å². The third-order valence-electron chi connectivity index (χ3n) is 4.37. The predicted molar refractivity (Wildman–Crippen MR) is 93.7 cm³/mol. The highest BCUT2D eigenvalue weighted by Gasteiger charge is 2.26. The van der Waals surface area contributed by atoms with Gasteiger partial charge in [-0.3, -0.25) is 9.79 Å². The number of aliphatic imine (C=N–C) groups is 1. The molecule has 2 aromatic rings. The van der Waals surface area contributed by atoms with Gasteiger partial charge in [-0.2, -0.15) is 15.0 Å². The van der Waals surface area contributed by atoms with Crippen molar-refractivity contribution < 1.29 is 13.9 Å². The Morgan fingerprint density at radius 2 is 2.19 bits per heavy atom. The van der Waals surface area contributed by atoms with Gasteiger partial charge in [-0.1, -0.05) is 12.8 Å². The highest BCUT2D eigenvalue weighted by Crippen LogP contribution is 2.25. The second-order valence-electron chi connectivity index (χ2n) is 6.03. The van der Waals surface area contributed by atoms with E-state index in [9.17, 15) is 9.18 Å². The molecule has 2 N–H and O–H groups in total. The van der Waals surface area contributed by atoms with Crippen LogP contribution in [0.3, 0.4) is 0 Å². The summed E-state index contributed by atoms with van der Waals surface area (Å²) in [6, 6.07) is 5.55. The molecule has 3 rings (SSSR count). The number of methoxy groups -OCH3 is 1. The Bertz CT molecular complexity index is 907. The maximum atomic E-state index is 13.5. The van der Waals surface area contributed by atoms with Crippen LogP contribution in [-0.4, -0.2) is 34.6 Å². The fourth-order valence-electron chi connectivity index (χ4n) is 3.00. The number of halogens is 1. The number of nitrogens with zero attached hydrogens (tertiary/aromatic N) is 4. The molecule has 0 aliphatic heterocycles. The van der Waals surface area contributed by atoms with Crippen molar-refractivity contribution in [2.75, 3.05) is 12.8 Å². The number of nitrogens with two attached hydrogens (primary N) is 1. The number of rotatable bonds is 4. The first-order valence-electron chi connectivity index (χ1n) is 8.25. The Kier molecular flexibility index (Phi) is 4.98. The summed E-state index contributed by atoms with van der Waals surface area (Å²) in [6.45, 7) is 0. The van der Waals surface area contributed by atoms with Crippen molar-refractivity contribution in [1.82, 2.24) is 9.78 Å². The SMILES string of the molecule is COc1cc(F)ccc1C(=O)/C(=N/C1CCCC1)n1ncc(C#N)c1N. The lowest BCUT2D eigenvalue weighted by atomic mass is 10.1. The number of hydrogen-bond donors (Lipinski definition) is 1. The molecule has 1 saturated carbocycles. The molecule has 1 aromatic heterocycles. The molecule has 26 heavy (non-hydrogen) atoms. The first-order chi connectivity index (χ1) is 12.5. The molecular formula is C18H18FN5O2. The lowest BCUT2D eigenvalue weighted by Crippen LogP contribution is -2.28. The van der Waals surface area contributed by atoms with Gasteiger partial charge in [0.25, 0.3) is 0 Å². The molecule has 0 radical (unpaired) electrons. The number of nitrogen functional groups attached to an aromatic ring is 1. The predicted octanol–water partition coefficient (Wildman–Crippen LogP) is 2.56. The maximum absolute atomic E-state index is 13.5. The Balaban J connectivity index is 2.10. The highest BCUT2D eigenvalue weighted by molar-refractivity contribution is 6.46. The summed E-state index contributed by atoms with van der Waals surface area (Å²) in [4.78, 5) is 17.7. The quantitative estimate of drug-likeness (QED) is 0.515. The van der Waals surface area contributed by atoms with E-state index in [1.54, 1.807) is 0 Å². The average Bonchev–Trinajstić information content (AvgIpc) is 3.28. The molecule has 134 valence electrons. The number of ketones is 1. The molecule has 0 amide bonds. The van der Waals surface area contributed by atoms with Gasteiger partial charge >= 0.3 is 0 Å². The summed E-state index contributed by atoms with van der Waals surface area (Å²) in [6.07, 6.45) is 5.09. The van der Waals surface area contributed by atoms with Crippen LogP contribution in [0.2, 0.25) is 0 Å². The largest absolute Gasteiger partial charge is 0.496 e. The van der Waals surface area contributed by atoms with E-state index in [0.717, 1.165) is 31.7 Å². The van der Waals surface area contributed by atoms with Crippen LogP contribution in [0.1, 0.15) is 41.6 Å². The topological polar surface area (TPSA) is 106 Å². The summed E-state index contributed by atoms with van der Waals surface area (Å²) in [7, 11) is 1.36. The van der Waals surface area contributed by atoms with Gasteiger partial charge in [-0.15, -0.1) is 0 Å². The van der Waals surface area contributed by atoms with E-state index in [0.29, 0.717) is 0 Å². The minimum atomic E-state index is -0.516. The van der Waals surface area contributed by atoms with Gasteiger partial charge in [0.05, 0.1) is 24.9 Å². The first kappa shape index (κ1) is 17.6. The second-order valence-corrected chi connectivity index (χ2v) is 6.03. The van der Waals surface area contributed by atoms with Crippen molar-refractivity contribution >= 4 is 17.4 Å². The standard InChI is InChI=1S/C18H18FN5O2/c1-26-15-8-12(19)6-7-14(15)16(25)18(23-13-4-2-3-5-13)24-17(21)11(9-20)10-22-24/h6-8,10,13H,2-5,21H2,1H3/b23-18-. The lowest BCUT2D eigenvalue weighted by molar-refractivity contribution is 0.105. The number of Topliss-reactive ketones (excluding diaryl/α,β-unsaturated/α-hetero) is 1. The van der Waals surface area contributed by atoms with Crippen LogP contribution in [0.15, 0.2) is 29.4 Å². The highest BCUT2D eigenvalue weighted by atomic mass is 19.1. The maximum Gasteiger partial charge on any atom is 0.233 e. The van der Waals surface area contributed by atoms with Crippen molar-refractivity contribution in [2.45, 2.75) is 31.7 Å². The number of ether oxygens (including phenoxy) is 1. The third-order valence-corrected chi connectivity index (χ3v) is 4.37. The summed E-state index contributed by atoms with van der Waals surface area (Å²) < 4.78 is 19.8. The summed E-state index contributed by atoms with van der Waals surface area (Å²) in [5.74, 6) is -0.870. The number of nitriles is 1. The molecule has 1 aliphatic rings. The molecule has 1 heterocycles. The van der Waals surface area contributed by atoms with Gasteiger partial charge in [-0.05, 0) is 25.0 Å². The van der Waals surface area contributed by atoms with E-state index >= 15 is 0 Å². The van der Waals surface area contributed by atoms with E-state index in [2.05, 4.69) is 10.1 Å².